The van der Waals surface area contributed by atoms with Crippen LogP contribution in [0.2, 0.25) is 0 Å². The van der Waals surface area contributed by atoms with Crippen LogP contribution in [0.5, 0.6) is 0 Å². The van der Waals surface area contributed by atoms with Gasteiger partial charge in [-0.3, -0.25) is 4.79 Å². The van der Waals surface area contributed by atoms with Crippen LogP contribution in [0, 0.1) is 13.8 Å². The molecule has 2 rings (SSSR count). The van der Waals surface area contributed by atoms with E-state index in [-0.39, 0.29) is 12.3 Å². The average molecular weight is 252 g/mol. The van der Waals surface area contributed by atoms with Crippen molar-refractivity contribution in [2.75, 3.05) is 6.54 Å². The topological polar surface area (TPSA) is 83.6 Å². The highest BCUT2D eigenvalue weighted by Crippen LogP contribution is 2.20. The number of hydrogen-bond donors (Lipinski definition) is 1. The van der Waals surface area contributed by atoms with Crippen molar-refractivity contribution in [3.8, 4) is 0 Å². The summed E-state index contributed by atoms with van der Waals surface area (Å²) in [6.45, 7) is 4.04. The van der Waals surface area contributed by atoms with Gasteiger partial charge in [0.1, 0.15) is 11.8 Å². The Morgan fingerprint density at radius 2 is 2.22 bits per heavy atom. The summed E-state index contributed by atoms with van der Waals surface area (Å²) in [4.78, 5) is 24.6. The van der Waals surface area contributed by atoms with Gasteiger partial charge in [0.05, 0.1) is 12.1 Å². The number of aryl methyl sites for hydroxylation is 2. The van der Waals surface area contributed by atoms with Crippen LogP contribution >= 0.6 is 0 Å². The van der Waals surface area contributed by atoms with E-state index in [1.165, 1.54) is 4.90 Å². The number of carboxylic acid groups (broad SMARTS) is 1. The molecule has 1 aromatic rings. The summed E-state index contributed by atoms with van der Waals surface area (Å²) < 4.78 is 5.00. The second-order valence-electron chi connectivity index (χ2n) is 4.56. The maximum Gasteiger partial charge on any atom is 0.326 e. The third-order valence-corrected chi connectivity index (χ3v) is 3.37. The molecule has 1 fully saturated rings. The minimum atomic E-state index is -0.931. The van der Waals surface area contributed by atoms with Crippen molar-refractivity contribution in [1.82, 2.24) is 10.1 Å². The Morgan fingerprint density at radius 3 is 2.78 bits per heavy atom. The minimum Gasteiger partial charge on any atom is -0.480 e. The first-order chi connectivity index (χ1) is 8.50. The van der Waals surface area contributed by atoms with E-state index in [2.05, 4.69) is 5.16 Å². The summed E-state index contributed by atoms with van der Waals surface area (Å²) in [5.41, 5.74) is 1.45. The van der Waals surface area contributed by atoms with Gasteiger partial charge in [0.15, 0.2) is 0 Å². The summed E-state index contributed by atoms with van der Waals surface area (Å²) >= 11 is 0. The molecule has 6 heteroatoms. The molecule has 1 aliphatic rings. The van der Waals surface area contributed by atoms with Gasteiger partial charge in [0, 0.05) is 12.1 Å². The van der Waals surface area contributed by atoms with Crippen molar-refractivity contribution in [2.45, 2.75) is 39.2 Å². The van der Waals surface area contributed by atoms with E-state index >= 15 is 0 Å². The number of carbonyl (C=O) groups excluding carboxylic acids is 1. The lowest BCUT2D eigenvalue weighted by Gasteiger charge is -2.21. The number of rotatable bonds is 3. The minimum absolute atomic E-state index is 0.158. The van der Waals surface area contributed by atoms with Gasteiger partial charge in [0.2, 0.25) is 5.91 Å². The Kier molecular flexibility index (Phi) is 3.36. The van der Waals surface area contributed by atoms with Crippen LogP contribution in [-0.2, 0) is 16.0 Å². The molecule has 1 N–H and O–H groups in total. The number of aromatic nitrogens is 1. The molecule has 98 valence electrons. The second-order valence-corrected chi connectivity index (χ2v) is 4.56. The first-order valence-corrected chi connectivity index (χ1v) is 5.94. The Bertz CT molecular complexity index is 461. The zero-order valence-corrected chi connectivity index (χ0v) is 10.5. The Hall–Kier alpha value is -1.85. The SMILES string of the molecule is Cc1noc(C)c1CC(=O)N1CCCC1C(=O)O. The fraction of sp³-hybridized carbons (Fsp3) is 0.583. The van der Waals surface area contributed by atoms with Crippen LogP contribution in [0.15, 0.2) is 4.52 Å². The first-order valence-electron chi connectivity index (χ1n) is 5.94. The maximum absolute atomic E-state index is 12.1. The molecular formula is C12H16N2O4. The molecular weight excluding hydrogens is 236 g/mol. The number of amides is 1. The van der Waals surface area contributed by atoms with Gasteiger partial charge in [-0.15, -0.1) is 0 Å². The van der Waals surface area contributed by atoms with Gasteiger partial charge in [-0.1, -0.05) is 5.16 Å². The van der Waals surface area contributed by atoms with Crippen molar-refractivity contribution in [3.05, 3.63) is 17.0 Å². The summed E-state index contributed by atoms with van der Waals surface area (Å²) in [6, 6.07) is -0.682. The fourth-order valence-electron chi connectivity index (χ4n) is 2.33. The van der Waals surface area contributed by atoms with E-state index in [1.807, 2.05) is 0 Å². The lowest BCUT2D eigenvalue weighted by atomic mass is 10.1. The smallest absolute Gasteiger partial charge is 0.326 e. The van der Waals surface area contributed by atoms with E-state index in [4.69, 9.17) is 9.63 Å². The van der Waals surface area contributed by atoms with Gasteiger partial charge >= 0.3 is 5.97 Å². The largest absolute Gasteiger partial charge is 0.480 e. The highest BCUT2D eigenvalue weighted by molar-refractivity contribution is 5.85. The van der Waals surface area contributed by atoms with E-state index in [1.54, 1.807) is 13.8 Å². The van der Waals surface area contributed by atoms with Crippen molar-refractivity contribution in [3.63, 3.8) is 0 Å². The highest BCUT2D eigenvalue weighted by atomic mass is 16.5. The fourth-order valence-corrected chi connectivity index (χ4v) is 2.33. The zero-order valence-electron chi connectivity index (χ0n) is 10.5. The molecule has 1 aromatic heterocycles. The average Bonchev–Trinajstić information content (AvgIpc) is 2.90. The van der Waals surface area contributed by atoms with Gasteiger partial charge in [-0.2, -0.15) is 0 Å². The van der Waals surface area contributed by atoms with Crippen molar-refractivity contribution >= 4 is 11.9 Å². The van der Waals surface area contributed by atoms with Crippen molar-refractivity contribution < 1.29 is 19.2 Å². The van der Waals surface area contributed by atoms with Crippen LogP contribution in [0.4, 0.5) is 0 Å². The summed E-state index contributed by atoms with van der Waals surface area (Å²) in [7, 11) is 0. The van der Waals surface area contributed by atoms with Gasteiger partial charge in [-0.05, 0) is 26.7 Å². The molecule has 0 saturated carbocycles. The van der Waals surface area contributed by atoms with Gasteiger partial charge in [-0.25, -0.2) is 4.79 Å². The highest BCUT2D eigenvalue weighted by Gasteiger charge is 2.34. The molecule has 1 unspecified atom stereocenters. The first kappa shape index (κ1) is 12.6. The number of aliphatic carboxylic acids is 1. The van der Waals surface area contributed by atoms with Crippen LogP contribution in [0.25, 0.3) is 0 Å². The molecule has 18 heavy (non-hydrogen) atoms. The van der Waals surface area contributed by atoms with E-state index in [0.29, 0.717) is 24.4 Å². The number of likely N-dealkylation sites (tertiary alicyclic amines) is 1. The molecule has 1 saturated heterocycles. The predicted octanol–water partition coefficient (Wildman–Crippen LogP) is 0.910. The van der Waals surface area contributed by atoms with Crippen LogP contribution in [0.1, 0.15) is 29.9 Å². The van der Waals surface area contributed by atoms with Crippen molar-refractivity contribution in [1.29, 1.82) is 0 Å². The summed E-state index contributed by atoms with van der Waals surface area (Å²) in [5, 5.41) is 12.8. The zero-order chi connectivity index (χ0) is 13.3. The molecule has 1 aliphatic heterocycles. The summed E-state index contributed by atoms with van der Waals surface area (Å²) in [6.07, 6.45) is 1.43. The third-order valence-electron chi connectivity index (χ3n) is 3.37. The number of carboxylic acids is 1. The van der Waals surface area contributed by atoms with E-state index in [0.717, 1.165) is 12.0 Å². The molecule has 0 aromatic carbocycles. The lowest BCUT2D eigenvalue weighted by molar-refractivity contribution is -0.148. The second kappa shape index (κ2) is 4.80. The summed E-state index contributed by atoms with van der Waals surface area (Å²) in [5.74, 6) is -0.485. The predicted molar refractivity (Wildman–Crippen MR) is 62.1 cm³/mol. The molecule has 0 radical (unpaired) electrons. The molecule has 0 bridgehead atoms. The van der Waals surface area contributed by atoms with Crippen LogP contribution < -0.4 is 0 Å². The number of carbonyl (C=O) groups is 2. The number of nitrogens with zero attached hydrogens (tertiary/aromatic N) is 2. The van der Waals surface area contributed by atoms with Crippen LogP contribution in [-0.4, -0.2) is 39.6 Å². The molecule has 2 heterocycles. The van der Waals surface area contributed by atoms with E-state index < -0.39 is 12.0 Å². The number of hydrogen-bond acceptors (Lipinski definition) is 4. The standard InChI is InChI=1S/C12H16N2O4/c1-7-9(8(2)18-13-7)6-11(15)14-5-3-4-10(14)12(16)17/h10H,3-6H2,1-2H3,(H,16,17). The Labute approximate surface area is 105 Å². The Morgan fingerprint density at radius 1 is 1.50 bits per heavy atom. The molecule has 1 amide bonds. The monoisotopic (exact) mass is 252 g/mol. The lowest BCUT2D eigenvalue weighted by Crippen LogP contribution is -2.41. The normalized spacial score (nSPS) is 19.2. The van der Waals surface area contributed by atoms with Gasteiger partial charge < -0.3 is 14.5 Å². The van der Waals surface area contributed by atoms with E-state index in [9.17, 15) is 9.59 Å². The van der Waals surface area contributed by atoms with Gasteiger partial charge in [0.25, 0.3) is 0 Å². The third kappa shape index (κ3) is 2.23. The van der Waals surface area contributed by atoms with Crippen LogP contribution in [0.3, 0.4) is 0 Å². The molecule has 0 aliphatic carbocycles. The molecule has 0 spiro atoms. The van der Waals surface area contributed by atoms with Crippen molar-refractivity contribution in [2.24, 2.45) is 0 Å². The maximum atomic E-state index is 12.1. The Balaban J connectivity index is 2.11. The molecule has 1 atom stereocenters. The quantitative estimate of drug-likeness (QED) is 0.864. The molecule has 6 nitrogen and oxygen atoms in total.